The van der Waals surface area contributed by atoms with Gasteiger partial charge in [0.15, 0.2) is 5.78 Å². The third-order valence-corrected chi connectivity index (χ3v) is 2.91. The molecule has 2 nitrogen and oxygen atoms in total. The maximum Gasteiger partial charge on any atom is 0.159 e. The van der Waals surface area contributed by atoms with Crippen molar-refractivity contribution >= 4 is 12.1 Å². The molecule has 0 radical (unpaired) electrons. The molecule has 0 saturated carbocycles. The lowest BCUT2D eigenvalue weighted by atomic mass is 9.91. The zero-order valence-corrected chi connectivity index (χ0v) is 9.90. The number of carbonyl (C=O) groups excluding carboxylic acids is 2. The third kappa shape index (κ3) is 3.30. The molecule has 0 N–H and O–H groups in total. The van der Waals surface area contributed by atoms with Crippen LogP contribution in [-0.2, 0) is 4.79 Å². The van der Waals surface area contributed by atoms with E-state index in [1.807, 2.05) is 24.3 Å². The Bertz CT molecular complexity index is 352. The Labute approximate surface area is 96.7 Å². The maximum absolute atomic E-state index is 11.1. The Balaban J connectivity index is 2.77. The number of rotatable bonds is 6. The molecule has 1 aromatic rings. The topological polar surface area (TPSA) is 34.1 Å². The molecule has 0 aromatic heterocycles. The number of Topliss-reactive ketones (excluding diaryl/α,β-unsaturated/α-hetero) is 1. The van der Waals surface area contributed by atoms with Crippen molar-refractivity contribution in [1.29, 1.82) is 0 Å². The average molecular weight is 218 g/mol. The van der Waals surface area contributed by atoms with Crippen LogP contribution in [0, 0.1) is 0 Å². The standard InChI is InChI=1S/C14H18O2/c1-3-12(5-4-10-15)14-8-6-13(7-9-14)11(2)16/h6-10,12H,3-5H2,1-2H3/t12-/m1/s1. The Hall–Kier alpha value is -1.44. The highest BCUT2D eigenvalue weighted by Gasteiger charge is 2.09. The van der Waals surface area contributed by atoms with Crippen LogP contribution in [0.3, 0.4) is 0 Å². The molecule has 16 heavy (non-hydrogen) atoms. The molecule has 0 aliphatic rings. The van der Waals surface area contributed by atoms with Crippen molar-refractivity contribution in [1.82, 2.24) is 0 Å². The van der Waals surface area contributed by atoms with Crippen molar-refractivity contribution in [2.45, 2.75) is 39.0 Å². The van der Waals surface area contributed by atoms with Crippen LogP contribution < -0.4 is 0 Å². The highest BCUT2D eigenvalue weighted by atomic mass is 16.1. The second kappa shape index (κ2) is 6.21. The molecular weight excluding hydrogens is 200 g/mol. The quantitative estimate of drug-likeness (QED) is 0.542. The van der Waals surface area contributed by atoms with Gasteiger partial charge in [-0.3, -0.25) is 4.79 Å². The normalized spacial score (nSPS) is 12.1. The van der Waals surface area contributed by atoms with Gasteiger partial charge in [0, 0.05) is 12.0 Å². The second-order valence-electron chi connectivity index (χ2n) is 4.03. The molecule has 1 aromatic carbocycles. The predicted octanol–water partition coefficient (Wildman–Crippen LogP) is 3.36. The van der Waals surface area contributed by atoms with Crippen LogP contribution in [-0.4, -0.2) is 12.1 Å². The number of aldehydes is 1. The van der Waals surface area contributed by atoms with Gasteiger partial charge >= 0.3 is 0 Å². The lowest BCUT2D eigenvalue weighted by molar-refractivity contribution is -0.108. The largest absolute Gasteiger partial charge is 0.303 e. The zero-order chi connectivity index (χ0) is 12.0. The summed E-state index contributed by atoms with van der Waals surface area (Å²) in [7, 11) is 0. The highest BCUT2D eigenvalue weighted by molar-refractivity contribution is 5.94. The summed E-state index contributed by atoms with van der Waals surface area (Å²) < 4.78 is 0. The maximum atomic E-state index is 11.1. The summed E-state index contributed by atoms with van der Waals surface area (Å²) in [4.78, 5) is 21.5. The Morgan fingerprint density at radius 3 is 2.38 bits per heavy atom. The number of hydrogen-bond donors (Lipinski definition) is 0. The number of hydrogen-bond acceptors (Lipinski definition) is 2. The van der Waals surface area contributed by atoms with Crippen molar-refractivity contribution in [2.75, 3.05) is 0 Å². The highest BCUT2D eigenvalue weighted by Crippen LogP contribution is 2.24. The summed E-state index contributed by atoms with van der Waals surface area (Å²) in [5.74, 6) is 0.513. The van der Waals surface area contributed by atoms with E-state index in [1.54, 1.807) is 6.92 Å². The summed E-state index contributed by atoms with van der Waals surface area (Å²) in [6.07, 6.45) is 3.48. The molecule has 1 atom stereocenters. The minimum atomic E-state index is 0.0903. The van der Waals surface area contributed by atoms with Gasteiger partial charge in [0.05, 0.1) is 0 Å². The van der Waals surface area contributed by atoms with E-state index in [1.165, 1.54) is 5.56 Å². The molecule has 1 rings (SSSR count). The first-order chi connectivity index (χ1) is 7.69. The van der Waals surface area contributed by atoms with E-state index in [4.69, 9.17) is 0 Å². The first-order valence-electron chi connectivity index (χ1n) is 5.73. The summed E-state index contributed by atoms with van der Waals surface area (Å²) in [6.45, 7) is 3.69. The van der Waals surface area contributed by atoms with Gasteiger partial charge in [-0.15, -0.1) is 0 Å². The fraction of sp³-hybridized carbons (Fsp3) is 0.429. The Kier molecular flexibility index (Phi) is 4.90. The molecule has 0 bridgehead atoms. The van der Waals surface area contributed by atoms with E-state index in [2.05, 4.69) is 6.92 Å². The molecule has 0 spiro atoms. The minimum absolute atomic E-state index is 0.0903. The molecule has 86 valence electrons. The molecule has 0 aliphatic heterocycles. The van der Waals surface area contributed by atoms with Gasteiger partial charge in [-0.2, -0.15) is 0 Å². The van der Waals surface area contributed by atoms with Crippen molar-refractivity contribution in [3.05, 3.63) is 35.4 Å². The summed E-state index contributed by atoms with van der Waals surface area (Å²) >= 11 is 0. The lowest BCUT2D eigenvalue weighted by Crippen LogP contribution is -1.99. The van der Waals surface area contributed by atoms with Crippen LogP contribution >= 0.6 is 0 Å². The van der Waals surface area contributed by atoms with Gasteiger partial charge in [0.25, 0.3) is 0 Å². The van der Waals surface area contributed by atoms with Crippen molar-refractivity contribution in [3.63, 3.8) is 0 Å². The van der Waals surface area contributed by atoms with Crippen LogP contribution in [0.25, 0.3) is 0 Å². The van der Waals surface area contributed by atoms with E-state index >= 15 is 0 Å². The number of benzene rings is 1. The molecule has 0 saturated heterocycles. The average Bonchev–Trinajstić information content (AvgIpc) is 2.30. The predicted molar refractivity (Wildman–Crippen MR) is 64.8 cm³/mol. The van der Waals surface area contributed by atoms with Crippen LogP contribution in [0.2, 0.25) is 0 Å². The van der Waals surface area contributed by atoms with Crippen LogP contribution in [0.15, 0.2) is 24.3 Å². The lowest BCUT2D eigenvalue weighted by Gasteiger charge is -2.13. The number of carbonyl (C=O) groups is 2. The van der Waals surface area contributed by atoms with Crippen molar-refractivity contribution in [3.8, 4) is 0 Å². The van der Waals surface area contributed by atoms with E-state index < -0.39 is 0 Å². The van der Waals surface area contributed by atoms with Gasteiger partial charge in [-0.05, 0) is 31.2 Å². The van der Waals surface area contributed by atoms with E-state index in [0.717, 1.165) is 24.7 Å². The van der Waals surface area contributed by atoms with Crippen LogP contribution in [0.5, 0.6) is 0 Å². The van der Waals surface area contributed by atoms with Gasteiger partial charge in [0.1, 0.15) is 6.29 Å². The molecule has 0 heterocycles. The van der Waals surface area contributed by atoms with Gasteiger partial charge in [-0.25, -0.2) is 0 Å². The van der Waals surface area contributed by atoms with E-state index in [9.17, 15) is 9.59 Å². The number of ketones is 1. The van der Waals surface area contributed by atoms with Gasteiger partial charge < -0.3 is 4.79 Å². The molecule has 0 unspecified atom stereocenters. The summed E-state index contributed by atoms with van der Waals surface area (Å²) in [5, 5.41) is 0. The van der Waals surface area contributed by atoms with E-state index in [-0.39, 0.29) is 5.78 Å². The Morgan fingerprint density at radius 2 is 1.94 bits per heavy atom. The van der Waals surface area contributed by atoms with Gasteiger partial charge in [-0.1, -0.05) is 31.2 Å². The third-order valence-electron chi connectivity index (χ3n) is 2.91. The fourth-order valence-electron chi connectivity index (χ4n) is 1.87. The molecule has 2 heteroatoms. The zero-order valence-electron chi connectivity index (χ0n) is 9.90. The fourth-order valence-corrected chi connectivity index (χ4v) is 1.87. The Morgan fingerprint density at radius 1 is 1.31 bits per heavy atom. The summed E-state index contributed by atoms with van der Waals surface area (Å²) in [5.41, 5.74) is 1.96. The first kappa shape index (κ1) is 12.6. The molecule has 0 amide bonds. The molecule has 0 fully saturated rings. The molecule has 0 aliphatic carbocycles. The van der Waals surface area contributed by atoms with Gasteiger partial charge in [0.2, 0.25) is 0 Å². The van der Waals surface area contributed by atoms with Crippen molar-refractivity contribution in [2.24, 2.45) is 0 Å². The van der Waals surface area contributed by atoms with E-state index in [0.29, 0.717) is 12.3 Å². The smallest absolute Gasteiger partial charge is 0.159 e. The summed E-state index contributed by atoms with van der Waals surface area (Å²) in [6, 6.07) is 7.72. The second-order valence-corrected chi connectivity index (χ2v) is 4.03. The van der Waals surface area contributed by atoms with Crippen molar-refractivity contribution < 1.29 is 9.59 Å². The SMILES string of the molecule is CC[C@H](CCC=O)c1ccc(C(C)=O)cc1. The van der Waals surface area contributed by atoms with Crippen LogP contribution in [0.4, 0.5) is 0 Å². The molecular formula is C14H18O2. The first-order valence-corrected chi connectivity index (χ1v) is 5.73. The van der Waals surface area contributed by atoms with Crippen LogP contribution in [0.1, 0.15) is 54.9 Å². The minimum Gasteiger partial charge on any atom is -0.303 e. The monoisotopic (exact) mass is 218 g/mol.